The number of ether oxygens (including phenoxy) is 1. The van der Waals surface area contributed by atoms with Crippen LogP contribution < -0.4 is 10.6 Å². The molecule has 0 saturated carbocycles. The Hall–Kier alpha value is -3.46. The van der Waals surface area contributed by atoms with Crippen LogP contribution in [0.15, 0.2) is 42.5 Å². The van der Waals surface area contributed by atoms with E-state index in [4.69, 9.17) is 4.74 Å². The van der Waals surface area contributed by atoms with Gasteiger partial charge in [-0.3, -0.25) is 9.59 Å². The van der Waals surface area contributed by atoms with Gasteiger partial charge in [-0.1, -0.05) is 18.2 Å². The van der Waals surface area contributed by atoms with Gasteiger partial charge in [0.1, 0.15) is 11.3 Å². The van der Waals surface area contributed by atoms with Gasteiger partial charge in [0, 0.05) is 50.4 Å². The van der Waals surface area contributed by atoms with Crippen LogP contribution in [-0.2, 0) is 4.74 Å². The minimum absolute atomic E-state index is 0.0285. The Morgan fingerprint density at radius 1 is 0.941 bits per heavy atom. The van der Waals surface area contributed by atoms with E-state index in [9.17, 15) is 14.4 Å². The smallest absolute Gasteiger partial charge is 0.407 e. The van der Waals surface area contributed by atoms with E-state index in [0.717, 1.165) is 31.7 Å². The van der Waals surface area contributed by atoms with Crippen molar-refractivity contribution in [1.82, 2.24) is 25.4 Å². The minimum Gasteiger partial charge on any atom is -0.444 e. The fourth-order valence-electron chi connectivity index (χ4n) is 3.44. The highest BCUT2D eigenvalue weighted by Crippen LogP contribution is 2.19. The molecule has 182 valence electrons. The summed E-state index contributed by atoms with van der Waals surface area (Å²) >= 11 is 0. The number of likely N-dealkylation sites (N-methyl/N-ethyl adjacent to an activating group) is 1. The lowest BCUT2D eigenvalue weighted by molar-refractivity contribution is 0.0526. The van der Waals surface area contributed by atoms with E-state index in [1.807, 2.05) is 23.1 Å². The Morgan fingerprint density at radius 2 is 1.59 bits per heavy atom. The first-order valence-corrected chi connectivity index (χ1v) is 11.4. The van der Waals surface area contributed by atoms with Crippen molar-refractivity contribution in [3.8, 4) is 11.3 Å². The van der Waals surface area contributed by atoms with E-state index in [1.165, 1.54) is 0 Å². The molecule has 1 saturated heterocycles. The predicted molar refractivity (Wildman–Crippen MR) is 130 cm³/mol. The van der Waals surface area contributed by atoms with Crippen LogP contribution in [0.4, 0.5) is 4.79 Å². The SMILES string of the molecule is CN1CCN(C(=O)c2ccc(-c3cccc(C(=O)NCCNC(=O)OC(C)(C)C)n3)cc2)CC1. The number of pyridine rings is 1. The van der Waals surface area contributed by atoms with E-state index in [-0.39, 0.29) is 30.6 Å². The molecule has 9 nitrogen and oxygen atoms in total. The van der Waals surface area contributed by atoms with Gasteiger partial charge in [-0.25, -0.2) is 9.78 Å². The molecule has 2 N–H and O–H groups in total. The third-order valence-corrected chi connectivity index (χ3v) is 5.28. The monoisotopic (exact) mass is 467 g/mol. The summed E-state index contributed by atoms with van der Waals surface area (Å²) in [5.74, 6) is -0.310. The Labute approximate surface area is 200 Å². The quantitative estimate of drug-likeness (QED) is 0.633. The second-order valence-electron chi connectivity index (χ2n) is 9.27. The van der Waals surface area contributed by atoms with Crippen LogP contribution in [0.1, 0.15) is 41.6 Å². The number of hydrogen-bond donors (Lipinski definition) is 2. The lowest BCUT2D eigenvalue weighted by Gasteiger charge is -2.32. The number of alkyl carbamates (subject to hydrolysis) is 1. The Balaban J connectivity index is 1.54. The maximum Gasteiger partial charge on any atom is 0.407 e. The molecular formula is C25H33N5O4. The molecule has 2 aromatic rings. The summed E-state index contributed by atoms with van der Waals surface area (Å²) in [4.78, 5) is 45.4. The highest BCUT2D eigenvalue weighted by atomic mass is 16.6. The summed E-state index contributed by atoms with van der Waals surface area (Å²) < 4.78 is 5.16. The first-order valence-electron chi connectivity index (χ1n) is 11.4. The Bertz CT molecular complexity index is 1010. The zero-order valence-corrected chi connectivity index (χ0v) is 20.3. The van der Waals surface area contributed by atoms with Crippen LogP contribution in [0, 0.1) is 0 Å². The molecule has 0 unspecified atom stereocenters. The van der Waals surface area contributed by atoms with Crippen LogP contribution in [0.5, 0.6) is 0 Å². The summed E-state index contributed by atoms with van der Waals surface area (Å²) in [6, 6.07) is 12.5. The number of aromatic nitrogens is 1. The first kappa shape index (κ1) is 25.2. The number of piperazine rings is 1. The summed E-state index contributed by atoms with van der Waals surface area (Å²) in [6.07, 6.45) is -0.531. The summed E-state index contributed by atoms with van der Waals surface area (Å²) in [6.45, 7) is 9.03. The number of carbonyl (C=O) groups is 3. The maximum absolute atomic E-state index is 12.7. The van der Waals surface area contributed by atoms with Gasteiger partial charge in [0.2, 0.25) is 0 Å². The highest BCUT2D eigenvalue weighted by molar-refractivity contribution is 5.95. The Morgan fingerprint density at radius 3 is 2.24 bits per heavy atom. The van der Waals surface area contributed by atoms with Gasteiger partial charge >= 0.3 is 6.09 Å². The molecule has 34 heavy (non-hydrogen) atoms. The molecular weight excluding hydrogens is 434 g/mol. The van der Waals surface area contributed by atoms with Gasteiger partial charge in [0.15, 0.2) is 0 Å². The fourth-order valence-corrected chi connectivity index (χ4v) is 3.44. The van der Waals surface area contributed by atoms with Crippen molar-refractivity contribution in [2.75, 3.05) is 46.3 Å². The van der Waals surface area contributed by atoms with Gasteiger partial charge in [-0.05, 0) is 52.1 Å². The minimum atomic E-state index is -0.576. The van der Waals surface area contributed by atoms with Gasteiger partial charge in [-0.15, -0.1) is 0 Å². The molecule has 2 heterocycles. The molecule has 0 aliphatic carbocycles. The molecule has 0 spiro atoms. The summed E-state index contributed by atoms with van der Waals surface area (Å²) in [7, 11) is 2.05. The zero-order valence-electron chi connectivity index (χ0n) is 20.3. The standard InChI is InChI=1S/C25H33N5O4/c1-25(2,3)34-24(33)27-13-12-26-22(31)21-7-5-6-20(28-21)18-8-10-19(11-9-18)23(32)30-16-14-29(4)15-17-30/h5-11H,12-17H2,1-4H3,(H,26,31)(H,27,33). The van der Waals surface area contributed by atoms with Crippen molar-refractivity contribution < 1.29 is 19.1 Å². The topological polar surface area (TPSA) is 104 Å². The molecule has 0 atom stereocenters. The van der Waals surface area contributed by atoms with E-state index < -0.39 is 11.7 Å². The van der Waals surface area contributed by atoms with Crippen molar-refractivity contribution in [3.63, 3.8) is 0 Å². The van der Waals surface area contributed by atoms with Crippen molar-refractivity contribution in [3.05, 3.63) is 53.7 Å². The lowest BCUT2D eigenvalue weighted by atomic mass is 10.1. The molecule has 1 aromatic heterocycles. The molecule has 1 aromatic carbocycles. The van der Waals surface area contributed by atoms with Crippen LogP contribution in [0.25, 0.3) is 11.3 Å². The second kappa shape index (κ2) is 11.1. The fraction of sp³-hybridized carbons (Fsp3) is 0.440. The van der Waals surface area contributed by atoms with E-state index in [0.29, 0.717) is 11.3 Å². The van der Waals surface area contributed by atoms with Crippen LogP contribution in [0.2, 0.25) is 0 Å². The van der Waals surface area contributed by atoms with Gasteiger partial charge in [-0.2, -0.15) is 0 Å². The third-order valence-electron chi connectivity index (χ3n) is 5.28. The molecule has 1 aliphatic rings. The average Bonchev–Trinajstić information content (AvgIpc) is 2.81. The number of nitrogens with zero attached hydrogens (tertiary/aromatic N) is 3. The molecule has 1 aliphatic heterocycles. The number of amides is 3. The van der Waals surface area contributed by atoms with Crippen LogP contribution in [-0.4, -0.2) is 84.6 Å². The van der Waals surface area contributed by atoms with E-state index in [2.05, 4.69) is 27.6 Å². The van der Waals surface area contributed by atoms with E-state index in [1.54, 1.807) is 45.0 Å². The van der Waals surface area contributed by atoms with Crippen molar-refractivity contribution in [2.24, 2.45) is 0 Å². The summed E-state index contributed by atoms with van der Waals surface area (Å²) in [5.41, 5.74) is 1.79. The van der Waals surface area contributed by atoms with E-state index >= 15 is 0 Å². The van der Waals surface area contributed by atoms with Crippen molar-refractivity contribution in [2.45, 2.75) is 26.4 Å². The normalized spacial score (nSPS) is 14.4. The number of benzene rings is 1. The van der Waals surface area contributed by atoms with Gasteiger partial charge in [0.05, 0.1) is 5.69 Å². The molecule has 1 fully saturated rings. The number of rotatable bonds is 6. The third kappa shape index (κ3) is 7.28. The predicted octanol–water partition coefficient (Wildman–Crippen LogP) is 2.39. The van der Waals surface area contributed by atoms with Gasteiger partial charge < -0.3 is 25.2 Å². The molecule has 3 amide bonds. The van der Waals surface area contributed by atoms with Crippen LogP contribution >= 0.6 is 0 Å². The summed E-state index contributed by atoms with van der Waals surface area (Å²) in [5, 5.41) is 5.33. The van der Waals surface area contributed by atoms with Gasteiger partial charge in [0.25, 0.3) is 11.8 Å². The highest BCUT2D eigenvalue weighted by Gasteiger charge is 2.20. The maximum atomic E-state index is 12.7. The number of nitrogens with one attached hydrogen (secondary N) is 2. The number of hydrogen-bond acceptors (Lipinski definition) is 6. The molecule has 0 radical (unpaired) electrons. The zero-order chi connectivity index (χ0) is 24.7. The first-order chi connectivity index (χ1) is 16.1. The van der Waals surface area contributed by atoms with Crippen molar-refractivity contribution >= 4 is 17.9 Å². The molecule has 9 heteroatoms. The lowest BCUT2D eigenvalue weighted by Crippen LogP contribution is -2.47. The van der Waals surface area contributed by atoms with Crippen LogP contribution in [0.3, 0.4) is 0 Å². The second-order valence-corrected chi connectivity index (χ2v) is 9.27. The number of carbonyl (C=O) groups excluding carboxylic acids is 3. The Kier molecular flexibility index (Phi) is 8.22. The molecule has 0 bridgehead atoms. The largest absolute Gasteiger partial charge is 0.444 e. The van der Waals surface area contributed by atoms with Crippen molar-refractivity contribution in [1.29, 1.82) is 0 Å². The average molecular weight is 468 g/mol. The molecule has 3 rings (SSSR count).